The van der Waals surface area contributed by atoms with Gasteiger partial charge in [0, 0.05) is 19.1 Å². The molecular formula is C18H22FN3O2S. The van der Waals surface area contributed by atoms with Gasteiger partial charge in [-0.1, -0.05) is 30.3 Å². The smallest absolute Gasteiger partial charge is 0.240 e. The molecule has 0 radical (unpaired) electrons. The van der Waals surface area contributed by atoms with Crippen molar-refractivity contribution in [2.45, 2.75) is 30.3 Å². The molecule has 1 aliphatic heterocycles. The SMILES string of the molecule is Nc1ccc(S(=O)(=O)NC2CCCN(Cc3ccccc3)C2)cc1F. The number of hydrogen-bond acceptors (Lipinski definition) is 4. The summed E-state index contributed by atoms with van der Waals surface area (Å²) in [4.78, 5) is 2.13. The largest absolute Gasteiger partial charge is 0.396 e. The highest BCUT2D eigenvalue weighted by Crippen LogP contribution is 2.19. The Balaban J connectivity index is 1.66. The van der Waals surface area contributed by atoms with Crippen LogP contribution in [0.2, 0.25) is 0 Å². The lowest BCUT2D eigenvalue weighted by Gasteiger charge is -2.33. The van der Waals surface area contributed by atoms with Gasteiger partial charge in [0.2, 0.25) is 10.0 Å². The molecule has 25 heavy (non-hydrogen) atoms. The third kappa shape index (κ3) is 4.56. The highest BCUT2D eigenvalue weighted by Gasteiger charge is 2.25. The second-order valence-corrected chi connectivity index (χ2v) is 8.08. The third-order valence-electron chi connectivity index (χ3n) is 4.36. The van der Waals surface area contributed by atoms with Crippen molar-refractivity contribution >= 4 is 15.7 Å². The maximum atomic E-state index is 13.6. The molecule has 1 fully saturated rings. The van der Waals surface area contributed by atoms with Crippen molar-refractivity contribution in [3.8, 4) is 0 Å². The van der Waals surface area contributed by atoms with Crippen LogP contribution in [0.15, 0.2) is 53.4 Å². The summed E-state index contributed by atoms with van der Waals surface area (Å²) >= 11 is 0. The fourth-order valence-electron chi connectivity index (χ4n) is 3.10. The van der Waals surface area contributed by atoms with E-state index in [1.165, 1.54) is 17.7 Å². The molecule has 0 amide bonds. The Morgan fingerprint density at radius 3 is 2.68 bits per heavy atom. The lowest BCUT2D eigenvalue weighted by Crippen LogP contribution is -2.47. The molecule has 0 spiro atoms. The van der Waals surface area contributed by atoms with E-state index in [0.717, 1.165) is 32.0 Å². The minimum atomic E-state index is -3.77. The normalized spacial score (nSPS) is 19.0. The van der Waals surface area contributed by atoms with E-state index in [1.807, 2.05) is 18.2 Å². The number of nitrogens with two attached hydrogens (primary N) is 1. The Labute approximate surface area is 147 Å². The Kier molecular flexibility index (Phi) is 5.36. The molecule has 0 bridgehead atoms. The number of nitrogen functional groups attached to an aromatic ring is 1. The van der Waals surface area contributed by atoms with Crippen LogP contribution in [-0.4, -0.2) is 32.4 Å². The Bertz CT molecular complexity index is 827. The van der Waals surface area contributed by atoms with Crippen LogP contribution >= 0.6 is 0 Å². The van der Waals surface area contributed by atoms with Crippen LogP contribution in [0.1, 0.15) is 18.4 Å². The number of benzene rings is 2. The molecule has 1 aliphatic rings. The first kappa shape index (κ1) is 17.8. The second-order valence-electron chi connectivity index (χ2n) is 6.36. The van der Waals surface area contributed by atoms with Crippen molar-refractivity contribution in [1.82, 2.24) is 9.62 Å². The number of halogens is 1. The van der Waals surface area contributed by atoms with E-state index in [9.17, 15) is 12.8 Å². The topological polar surface area (TPSA) is 75.4 Å². The fraction of sp³-hybridized carbons (Fsp3) is 0.333. The van der Waals surface area contributed by atoms with Gasteiger partial charge in [-0.3, -0.25) is 4.90 Å². The number of likely N-dealkylation sites (tertiary alicyclic amines) is 1. The predicted octanol–water partition coefficient (Wildman–Crippen LogP) is 2.35. The van der Waals surface area contributed by atoms with Gasteiger partial charge in [0.25, 0.3) is 0 Å². The molecule has 7 heteroatoms. The number of rotatable bonds is 5. The summed E-state index contributed by atoms with van der Waals surface area (Å²) in [7, 11) is -3.77. The minimum Gasteiger partial charge on any atom is -0.396 e. The molecule has 1 unspecified atom stereocenters. The summed E-state index contributed by atoms with van der Waals surface area (Å²) in [5.74, 6) is -0.725. The summed E-state index contributed by atoms with van der Waals surface area (Å²) in [6.45, 7) is 2.35. The molecule has 2 aromatic rings. The van der Waals surface area contributed by atoms with Crippen molar-refractivity contribution in [2.24, 2.45) is 0 Å². The zero-order valence-electron chi connectivity index (χ0n) is 13.9. The van der Waals surface area contributed by atoms with Gasteiger partial charge < -0.3 is 5.73 Å². The molecule has 134 valence electrons. The molecule has 1 saturated heterocycles. The zero-order valence-corrected chi connectivity index (χ0v) is 14.7. The Hall–Kier alpha value is -1.96. The molecule has 5 nitrogen and oxygen atoms in total. The highest BCUT2D eigenvalue weighted by atomic mass is 32.2. The van der Waals surface area contributed by atoms with Gasteiger partial charge in [-0.15, -0.1) is 0 Å². The first-order chi connectivity index (χ1) is 11.9. The predicted molar refractivity (Wildman–Crippen MR) is 95.9 cm³/mol. The van der Waals surface area contributed by atoms with E-state index in [-0.39, 0.29) is 16.6 Å². The van der Waals surface area contributed by atoms with Crippen LogP contribution in [0, 0.1) is 5.82 Å². The van der Waals surface area contributed by atoms with Gasteiger partial charge in [0.1, 0.15) is 5.82 Å². The molecule has 0 aromatic heterocycles. The summed E-state index contributed by atoms with van der Waals surface area (Å²) in [5, 5.41) is 0. The van der Waals surface area contributed by atoms with E-state index >= 15 is 0 Å². The van der Waals surface area contributed by atoms with Gasteiger partial charge in [0.15, 0.2) is 0 Å². The monoisotopic (exact) mass is 363 g/mol. The molecule has 2 aromatic carbocycles. The minimum absolute atomic E-state index is 0.0642. The number of nitrogens with one attached hydrogen (secondary N) is 1. The average Bonchev–Trinajstić information content (AvgIpc) is 2.58. The van der Waals surface area contributed by atoms with Gasteiger partial charge in [-0.25, -0.2) is 17.5 Å². The first-order valence-corrected chi connectivity index (χ1v) is 9.76. The molecule has 3 N–H and O–H groups in total. The Morgan fingerprint density at radius 2 is 1.96 bits per heavy atom. The van der Waals surface area contributed by atoms with Gasteiger partial charge in [-0.05, 0) is 43.1 Å². The number of hydrogen-bond donors (Lipinski definition) is 2. The van der Waals surface area contributed by atoms with E-state index < -0.39 is 15.8 Å². The van der Waals surface area contributed by atoms with Crippen LogP contribution in [0.25, 0.3) is 0 Å². The van der Waals surface area contributed by atoms with E-state index in [1.54, 1.807) is 0 Å². The van der Waals surface area contributed by atoms with E-state index in [0.29, 0.717) is 6.54 Å². The van der Waals surface area contributed by atoms with Crippen molar-refractivity contribution in [3.05, 3.63) is 59.9 Å². The molecule has 1 heterocycles. The van der Waals surface area contributed by atoms with Crippen LogP contribution < -0.4 is 10.5 Å². The van der Waals surface area contributed by atoms with Crippen molar-refractivity contribution < 1.29 is 12.8 Å². The van der Waals surface area contributed by atoms with E-state index in [4.69, 9.17) is 5.73 Å². The number of nitrogens with zero attached hydrogens (tertiary/aromatic N) is 1. The molecular weight excluding hydrogens is 341 g/mol. The Morgan fingerprint density at radius 1 is 1.20 bits per heavy atom. The lowest BCUT2D eigenvalue weighted by atomic mass is 10.1. The first-order valence-electron chi connectivity index (χ1n) is 8.28. The molecule has 0 aliphatic carbocycles. The summed E-state index contributed by atoms with van der Waals surface area (Å²) in [6.07, 6.45) is 1.68. The standard InChI is InChI=1S/C18H22FN3O2S/c19-17-11-16(8-9-18(17)20)25(23,24)21-15-7-4-10-22(13-15)12-14-5-2-1-3-6-14/h1-3,5-6,8-9,11,15,21H,4,7,10,12-13,20H2. The summed E-state index contributed by atoms with van der Waals surface area (Å²) in [6, 6.07) is 13.4. The van der Waals surface area contributed by atoms with Crippen molar-refractivity contribution in [3.63, 3.8) is 0 Å². The van der Waals surface area contributed by atoms with Gasteiger partial charge >= 0.3 is 0 Å². The fourth-order valence-corrected chi connectivity index (χ4v) is 4.37. The highest BCUT2D eigenvalue weighted by molar-refractivity contribution is 7.89. The van der Waals surface area contributed by atoms with Crippen LogP contribution in [0.5, 0.6) is 0 Å². The van der Waals surface area contributed by atoms with Gasteiger partial charge in [0.05, 0.1) is 10.6 Å². The summed E-state index contributed by atoms with van der Waals surface area (Å²) < 4.78 is 41.2. The van der Waals surface area contributed by atoms with E-state index in [2.05, 4.69) is 21.8 Å². The van der Waals surface area contributed by atoms with Crippen LogP contribution in [0.3, 0.4) is 0 Å². The van der Waals surface area contributed by atoms with Gasteiger partial charge in [-0.2, -0.15) is 0 Å². The number of anilines is 1. The average molecular weight is 363 g/mol. The zero-order chi connectivity index (χ0) is 17.9. The van der Waals surface area contributed by atoms with Crippen LogP contribution in [0.4, 0.5) is 10.1 Å². The molecule has 3 rings (SSSR count). The van der Waals surface area contributed by atoms with Crippen LogP contribution in [-0.2, 0) is 16.6 Å². The van der Waals surface area contributed by atoms with Crippen molar-refractivity contribution in [2.75, 3.05) is 18.8 Å². The molecule has 1 atom stereocenters. The number of sulfonamides is 1. The maximum Gasteiger partial charge on any atom is 0.240 e. The van der Waals surface area contributed by atoms with Crippen molar-refractivity contribution in [1.29, 1.82) is 0 Å². The summed E-state index contributed by atoms with van der Waals surface area (Å²) in [5.41, 5.74) is 6.55. The molecule has 0 saturated carbocycles. The maximum absolute atomic E-state index is 13.6. The second kappa shape index (κ2) is 7.51. The lowest BCUT2D eigenvalue weighted by molar-refractivity contribution is 0.194. The third-order valence-corrected chi connectivity index (χ3v) is 5.88. The quantitative estimate of drug-likeness (QED) is 0.800. The number of piperidine rings is 1.